The Morgan fingerprint density at radius 3 is 2.76 bits per heavy atom. The SMILES string of the molecule is Cc1cc(CN(C)C(=O)CSCC(N)=O)no1. The van der Waals surface area contributed by atoms with Crippen LogP contribution in [0.15, 0.2) is 10.6 Å². The molecule has 6 nitrogen and oxygen atoms in total. The van der Waals surface area contributed by atoms with Crippen molar-refractivity contribution >= 4 is 23.6 Å². The summed E-state index contributed by atoms with van der Waals surface area (Å²) in [5.74, 6) is 0.609. The van der Waals surface area contributed by atoms with Crippen LogP contribution >= 0.6 is 11.8 Å². The summed E-state index contributed by atoms with van der Waals surface area (Å²) in [6.07, 6.45) is 0. The van der Waals surface area contributed by atoms with Crippen molar-refractivity contribution in [3.8, 4) is 0 Å². The van der Waals surface area contributed by atoms with Crippen LogP contribution in [0.3, 0.4) is 0 Å². The van der Waals surface area contributed by atoms with E-state index in [4.69, 9.17) is 10.3 Å². The number of hydrogen-bond acceptors (Lipinski definition) is 5. The number of nitrogens with zero attached hydrogens (tertiary/aromatic N) is 2. The molecule has 1 aromatic rings. The van der Waals surface area contributed by atoms with Crippen LogP contribution in [0.2, 0.25) is 0 Å². The first-order valence-electron chi connectivity index (χ1n) is 5.01. The predicted molar refractivity (Wildman–Crippen MR) is 64.2 cm³/mol. The first-order valence-corrected chi connectivity index (χ1v) is 6.16. The Labute approximate surface area is 103 Å². The van der Waals surface area contributed by atoms with Gasteiger partial charge in [-0.2, -0.15) is 0 Å². The first kappa shape index (κ1) is 13.6. The van der Waals surface area contributed by atoms with E-state index >= 15 is 0 Å². The fourth-order valence-corrected chi connectivity index (χ4v) is 1.87. The maximum atomic E-state index is 11.6. The molecular formula is C10H15N3O3S. The summed E-state index contributed by atoms with van der Waals surface area (Å²) in [6, 6.07) is 1.78. The third-order valence-electron chi connectivity index (χ3n) is 1.97. The standard InChI is InChI=1S/C10H15N3O3S/c1-7-3-8(12-16-7)4-13(2)10(15)6-17-5-9(11)14/h3H,4-6H2,1-2H3,(H2,11,14). The molecule has 0 aromatic carbocycles. The van der Waals surface area contributed by atoms with Gasteiger partial charge < -0.3 is 15.2 Å². The number of aryl methyl sites for hydroxylation is 1. The summed E-state index contributed by atoms with van der Waals surface area (Å²) in [6.45, 7) is 2.19. The maximum absolute atomic E-state index is 11.6. The second kappa shape index (κ2) is 6.29. The summed E-state index contributed by atoms with van der Waals surface area (Å²) in [5, 5.41) is 3.80. The van der Waals surface area contributed by atoms with Gasteiger partial charge >= 0.3 is 0 Å². The molecule has 0 bridgehead atoms. The quantitative estimate of drug-likeness (QED) is 0.784. The highest BCUT2D eigenvalue weighted by atomic mass is 32.2. The van der Waals surface area contributed by atoms with Gasteiger partial charge in [0.1, 0.15) is 11.5 Å². The van der Waals surface area contributed by atoms with E-state index in [-0.39, 0.29) is 17.4 Å². The molecule has 1 rings (SSSR count). The molecule has 0 atom stereocenters. The van der Waals surface area contributed by atoms with Crippen LogP contribution in [0.25, 0.3) is 0 Å². The highest BCUT2D eigenvalue weighted by Crippen LogP contribution is 2.07. The molecule has 0 aliphatic carbocycles. The second-order valence-electron chi connectivity index (χ2n) is 3.64. The summed E-state index contributed by atoms with van der Waals surface area (Å²) < 4.78 is 4.90. The van der Waals surface area contributed by atoms with Crippen molar-refractivity contribution in [3.63, 3.8) is 0 Å². The smallest absolute Gasteiger partial charge is 0.232 e. The lowest BCUT2D eigenvalue weighted by atomic mass is 10.3. The zero-order valence-electron chi connectivity index (χ0n) is 9.80. The Kier molecular flexibility index (Phi) is 5.02. The zero-order valence-corrected chi connectivity index (χ0v) is 10.6. The number of nitrogens with two attached hydrogens (primary N) is 1. The van der Waals surface area contributed by atoms with Crippen molar-refractivity contribution in [2.75, 3.05) is 18.6 Å². The maximum Gasteiger partial charge on any atom is 0.232 e. The normalized spacial score (nSPS) is 10.2. The topological polar surface area (TPSA) is 89.4 Å². The molecule has 94 valence electrons. The summed E-state index contributed by atoms with van der Waals surface area (Å²) in [4.78, 5) is 23.7. The van der Waals surface area contributed by atoms with Gasteiger partial charge in [-0.3, -0.25) is 9.59 Å². The van der Waals surface area contributed by atoms with Gasteiger partial charge in [0.25, 0.3) is 0 Å². The highest BCUT2D eigenvalue weighted by molar-refractivity contribution is 8.00. The molecule has 0 saturated carbocycles. The number of primary amides is 1. The fourth-order valence-electron chi connectivity index (χ4n) is 1.17. The van der Waals surface area contributed by atoms with E-state index in [2.05, 4.69) is 5.16 Å². The van der Waals surface area contributed by atoms with Gasteiger partial charge in [0.15, 0.2) is 0 Å². The Balaban J connectivity index is 2.34. The van der Waals surface area contributed by atoms with Gasteiger partial charge in [0, 0.05) is 13.1 Å². The Morgan fingerprint density at radius 2 is 2.24 bits per heavy atom. The van der Waals surface area contributed by atoms with Crippen LogP contribution in [0.5, 0.6) is 0 Å². The number of rotatable bonds is 6. The summed E-state index contributed by atoms with van der Waals surface area (Å²) in [5.41, 5.74) is 5.68. The molecule has 1 heterocycles. The van der Waals surface area contributed by atoms with Crippen LogP contribution in [0.4, 0.5) is 0 Å². The van der Waals surface area contributed by atoms with Crippen LogP contribution in [0, 0.1) is 6.92 Å². The average Bonchev–Trinajstić information content (AvgIpc) is 2.63. The third kappa shape index (κ3) is 4.90. The lowest BCUT2D eigenvalue weighted by Gasteiger charge is -2.14. The number of carbonyl (C=O) groups is 2. The highest BCUT2D eigenvalue weighted by Gasteiger charge is 2.11. The van der Waals surface area contributed by atoms with Gasteiger partial charge in [-0.15, -0.1) is 11.8 Å². The third-order valence-corrected chi connectivity index (χ3v) is 2.91. The Morgan fingerprint density at radius 1 is 1.53 bits per heavy atom. The monoisotopic (exact) mass is 257 g/mol. The minimum atomic E-state index is -0.419. The fraction of sp³-hybridized carbons (Fsp3) is 0.500. The van der Waals surface area contributed by atoms with Crippen molar-refractivity contribution in [3.05, 3.63) is 17.5 Å². The molecule has 0 fully saturated rings. The predicted octanol–water partition coefficient (Wildman–Crippen LogP) is 0.160. The van der Waals surface area contributed by atoms with E-state index in [1.807, 2.05) is 0 Å². The number of aromatic nitrogens is 1. The number of carbonyl (C=O) groups excluding carboxylic acids is 2. The van der Waals surface area contributed by atoms with E-state index in [0.29, 0.717) is 18.0 Å². The van der Waals surface area contributed by atoms with Crippen LogP contribution in [0.1, 0.15) is 11.5 Å². The number of amides is 2. The Hall–Kier alpha value is -1.50. The van der Waals surface area contributed by atoms with Crippen molar-refractivity contribution in [1.29, 1.82) is 0 Å². The minimum absolute atomic E-state index is 0.0723. The zero-order chi connectivity index (χ0) is 12.8. The second-order valence-corrected chi connectivity index (χ2v) is 4.62. The van der Waals surface area contributed by atoms with E-state index in [1.165, 1.54) is 16.7 Å². The lowest BCUT2D eigenvalue weighted by Crippen LogP contribution is -2.28. The largest absolute Gasteiger partial charge is 0.369 e. The molecule has 0 saturated heterocycles. The van der Waals surface area contributed by atoms with Crippen LogP contribution in [-0.2, 0) is 16.1 Å². The molecule has 0 spiro atoms. The van der Waals surface area contributed by atoms with Crippen LogP contribution in [-0.4, -0.2) is 40.4 Å². The molecule has 2 N–H and O–H groups in total. The average molecular weight is 257 g/mol. The molecule has 0 aliphatic rings. The van der Waals surface area contributed by atoms with Crippen molar-refractivity contribution in [2.24, 2.45) is 5.73 Å². The Bertz CT molecular complexity index is 405. The number of hydrogen-bond donors (Lipinski definition) is 1. The van der Waals surface area contributed by atoms with E-state index in [9.17, 15) is 9.59 Å². The van der Waals surface area contributed by atoms with Gasteiger partial charge in [-0.1, -0.05) is 5.16 Å². The van der Waals surface area contributed by atoms with Crippen LogP contribution < -0.4 is 5.73 Å². The summed E-state index contributed by atoms with van der Waals surface area (Å²) in [7, 11) is 1.68. The molecule has 17 heavy (non-hydrogen) atoms. The lowest BCUT2D eigenvalue weighted by molar-refractivity contribution is -0.127. The van der Waals surface area contributed by atoms with Gasteiger partial charge in [0.05, 0.1) is 18.1 Å². The summed E-state index contributed by atoms with van der Waals surface area (Å²) >= 11 is 1.20. The molecule has 0 aliphatic heterocycles. The van der Waals surface area contributed by atoms with Crippen molar-refractivity contribution < 1.29 is 14.1 Å². The minimum Gasteiger partial charge on any atom is -0.369 e. The van der Waals surface area contributed by atoms with E-state index < -0.39 is 5.91 Å². The molecule has 0 unspecified atom stereocenters. The molecule has 1 aromatic heterocycles. The van der Waals surface area contributed by atoms with Gasteiger partial charge in [-0.05, 0) is 6.92 Å². The first-order chi connectivity index (χ1) is 7.99. The molecule has 7 heteroatoms. The number of thioether (sulfide) groups is 1. The van der Waals surface area contributed by atoms with E-state index in [0.717, 1.165) is 0 Å². The van der Waals surface area contributed by atoms with Crippen molar-refractivity contribution in [1.82, 2.24) is 10.1 Å². The molecule has 2 amide bonds. The van der Waals surface area contributed by atoms with Gasteiger partial charge in [0.2, 0.25) is 11.8 Å². The molecule has 0 radical (unpaired) electrons. The van der Waals surface area contributed by atoms with Gasteiger partial charge in [-0.25, -0.2) is 0 Å². The van der Waals surface area contributed by atoms with E-state index in [1.54, 1.807) is 20.0 Å². The molecular weight excluding hydrogens is 242 g/mol. The van der Waals surface area contributed by atoms with Crippen molar-refractivity contribution in [2.45, 2.75) is 13.5 Å².